The van der Waals surface area contributed by atoms with Crippen LogP contribution in [0.15, 0.2) is 24.5 Å². The minimum Gasteiger partial charge on any atom is -0.307 e. The molecule has 0 aliphatic carbocycles. The monoisotopic (exact) mass is 198 g/mol. The molecule has 2 aromatic heterocycles. The molecule has 2 aromatic rings. The highest BCUT2D eigenvalue weighted by Gasteiger charge is 1.99. The van der Waals surface area contributed by atoms with Crippen molar-refractivity contribution in [2.45, 2.75) is 5.75 Å². The number of hydrogen-bond acceptors (Lipinski definition) is 2. The molecule has 0 fully saturated rings. The highest BCUT2D eigenvalue weighted by Crippen LogP contribution is 2.12. The van der Waals surface area contributed by atoms with Crippen LogP contribution in [-0.2, 0) is 5.75 Å². The van der Waals surface area contributed by atoms with Gasteiger partial charge >= 0.3 is 0 Å². The summed E-state index contributed by atoms with van der Waals surface area (Å²) in [6.07, 6.45) is 3.83. The van der Waals surface area contributed by atoms with Crippen molar-refractivity contribution in [3.63, 3.8) is 0 Å². The highest BCUT2D eigenvalue weighted by atomic mass is 35.5. The molecule has 2 nitrogen and oxygen atoms in total. The van der Waals surface area contributed by atoms with Crippen molar-refractivity contribution in [2.75, 3.05) is 0 Å². The Morgan fingerprint density at radius 3 is 3.17 bits per heavy atom. The van der Waals surface area contributed by atoms with E-state index >= 15 is 0 Å². The van der Waals surface area contributed by atoms with Gasteiger partial charge in [0.2, 0.25) is 0 Å². The van der Waals surface area contributed by atoms with Gasteiger partial charge in [0.15, 0.2) is 0 Å². The molecule has 4 heteroatoms. The molecule has 0 aromatic carbocycles. The lowest BCUT2D eigenvalue weighted by atomic mass is 10.5. The van der Waals surface area contributed by atoms with Crippen molar-refractivity contribution in [3.05, 3.63) is 35.2 Å². The molecular weight excluding hydrogens is 192 g/mol. The van der Waals surface area contributed by atoms with Crippen LogP contribution in [0, 0.1) is 0 Å². The fourth-order valence-corrected chi connectivity index (χ4v) is 1.39. The van der Waals surface area contributed by atoms with Crippen molar-refractivity contribution < 1.29 is 0 Å². The van der Waals surface area contributed by atoms with E-state index in [-0.39, 0.29) is 0 Å². The molecule has 0 aliphatic rings. The van der Waals surface area contributed by atoms with Gasteiger partial charge < -0.3 is 4.40 Å². The van der Waals surface area contributed by atoms with E-state index in [1.807, 2.05) is 28.9 Å². The zero-order chi connectivity index (χ0) is 8.55. The Kier molecular flexibility index (Phi) is 1.98. The van der Waals surface area contributed by atoms with Crippen LogP contribution >= 0.6 is 24.2 Å². The Morgan fingerprint density at radius 1 is 1.58 bits per heavy atom. The van der Waals surface area contributed by atoms with Gasteiger partial charge in [-0.15, -0.1) is 0 Å². The van der Waals surface area contributed by atoms with Crippen molar-refractivity contribution >= 4 is 29.9 Å². The van der Waals surface area contributed by atoms with Gasteiger partial charge in [0, 0.05) is 23.2 Å². The highest BCUT2D eigenvalue weighted by molar-refractivity contribution is 7.79. The predicted octanol–water partition coefficient (Wildman–Crippen LogP) is 2.42. The molecule has 2 heterocycles. The SMILES string of the molecule is SCc1cn2ccc(Cl)cc2n1. The number of fused-ring (bicyclic) bond motifs is 1. The summed E-state index contributed by atoms with van der Waals surface area (Å²) >= 11 is 9.94. The predicted molar refractivity (Wildman–Crippen MR) is 52.9 cm³/mol. The Hall–Kier alpha value is -0.670. The topological polar surface area (TPSA) is 17.3 Å². The molecule has 0 radical (unpaired) electrons. The number of rotatable bonds is 1. The van der Waals surface area contributed by atoms with E-state index in [1.54, 1.807) is 0 Å². The minimum absolute atomic E-state index is 0.652. The number of pyridine rings is 1. The summed E-state index contributed by atoms with van der Waals surface area (Å²) in [5.74, 6) is 0.652. The van der Waals surface area contributed by atoms with E-state index in [0.29, 0.717) is 10.8 Å². The third kappa shape index (κ3) is 1.30. The normalized spacial score (nSPS) is 10.8. The van der Waals surface area contributed by atoms with Crippen molar-refractivity contribution in [1.82, 2.24) is 9.38 Å². The molecule has 62 valence electrons. The molecule has 0 unspecified atom stereocenters. The number of imidazole rings is 1. The second kappa shape index (κ2) is 2.99. The molecule has 0 bridgehead atoms. The molecule has 0 saturated heterocycles. The number of nitrogens with zero attached hydrogens (tertiary/aromatic N) is 2. The summed E-state index contributed by atoms with van der Waals surface area (Å²) in [7, 11) is 0. The lowest BCUT2D eigenvalue weighted by Gasteiger charge is -1.90. The zero-order valence-electron chi connectivity index (χ0n) is 6.24. The summed E-state index contributed by atoms with van der Waals surface area (Å²) < 4.78 is 1.93. The van der Waals surface area contributed by atoms with Crippen molar-refractivity contribution in [3.8, 4) is 0 Å². The van der Waals surface area contributed by atoms with E-state index < -0.39 is 0 Å². The lowest BCUT2D eigenvalue weighted by Crippen LogP contribution is -1.79. The average Bonchev–Trinajstić information content (AvgIpc) is 2.46. The maximum absolute atomic E-state index is 5.80. The first-order valence-corrected chi connectivity index (χ1v) is 4.54. The van der Waals surface area contributed by atoms with E-state index in [4.69, 9.17) is 11.6 Å². The Bertz CT molecular complexity index is 410. The van der Waals surface area contributed by atoms with E-state index in [1.165, 1.54) is 0 Å². The smallest absolute Gasteiger partial charge is 0.138 e. The summed E-state index contributed by atoms with van der Waals surface area (Å²) in [4.78, 5) is 4.29. The fraction of sp³-hybridized carbons (Fsp3) is 0.125. The summed E-state index contributed by atoms with van der Waals surface area (Å²) in [5.41, 5.74) is 1.83. The van der Waals surface area contributed by atoms with Gasteiger partial charge in [0.1, 0.15) is 5.65 Å². The Labute approximate surface area is 80.6 Å². The quantitative estimate of drug-likeness (QED) is 0.697. The summed E-state index contributed by atoms with van der Waals surface area (Å²) in [6.45, 7) is 0. The van der Waals surface area contributed by atoms with Gasteiger partial charge in [-0.2, -0.15) is 12.6 Å². The largest absolute Gasteiger partial charge is 0.307 e. The van der Waals surface area contributed by atoms with Crippen molar-refractivity contribution in [1.29, 1.82) is 0 Å². The second-order valence-corrected chi connectivity index (χ2v) is 3.25. The molecular formula is C8H7ClN2S. The molecule has 0 atom stereocenters. The van der Waals surface area contributed by atoms with Gasteiger partial charge in [-0.25, -0.2) is 4.98 Å². The fourth-order valence-electron chi connectivity index (χ4n) is 1.09. The first-order valence-electron chi connectivity index (χ1n) is 3.53. The van der Waals surface area contributed by atoms with Crippen LogP contribution in [0.1, 0.15) is 5.69 Å². The maximum atomic E-state index is 5.80. The van der Waals surface area contributed by atoms with E-state index in [0.717, 1.165) is 11.3 Å². The minimum atomic E-state index is 0.652. The molecule has 0 spiro atoms. The second-order valence-electron chi connectivity index (χ2n) is 2.50. The molecule has 12 heavy (non-hydrogen) atoms. The van der Waals surface area contributed by atoms with Crippen LogP contribution in [0.25, 0.3) is 5.65 Å². The Morgan fingerprint density at radius 2 is 2.42 bits per heavy atom. The molecule has 0 saturated carbocycles. The van der Waals surface area contributed by atoms with Gasteiger partial charge in [-0.1, -0.05) is 11.6 Å². The third-order valence-electron chi connectivity index (χ3n) is 1.63. The van der Waals surface area contributed by atoms with Crippen LogP contribution in [0.3, 0.4) is 0 Å². The molecule has 2 rings (SSSR count). The van der Waals surface area contributed by atoms with E-state index in [2.05, 4.69) is 17.6 Å². The molecule has 0 amide bonds. The summed E-state index contributed by atoms with van der Waals surface area (Å²) in [5, 5.41) is 0.707. The third-order valence-corrected chi connectivity index (χ3v) is 2.19. The van der Waals surface area contributed by atoms with Crippen LogP contribution in [-0.4, -0.2) is 9.38 Å². The number of thiol groups is 1. The molecule has 0 aliphatic heterocycles. The van der Waals surface area contributed by atoms with Crippen molar-refractivity contribution in [2.24, 2.45) is 0 Å². The first-order chi connectivity index (χ1) is 5.79. The number of aromatic nitrogens is 2. The number of halogens is 1. The standard InChI is InChI=1S/C8H7ClN2S/c9-6-1-2-11-4-7(5-12)10-8(11)3-6/h1-4,12H,5H2. The van der Waals surface area contributed by atoms with E-state index in [9.17, 15) is 0 Å². The number of hydrogen-bond donors (Lipinski definition) is 1. The van der Waals surface area contributed by atoms with Crippen LogP contribution in [0.4, 0.5) is 0 Å². The zero-order valence-corrected chi connectivity index (χ0v) is 7.89. The van der Waals surface area contributed by atoms with Crippen LogP contribution in [0.2, 0.25) is 5.02 Å². The average molecular weight is 199 g/mol. The maximum Gasteiger partial charge on any atom is 0.138 e. The molecule has 0 N–H and O–H groups in total. The van der Waals surface area contributed by atoms with Gasteiger partial charge in [0.05, 0.1) is 5.69 Å². The van der Waals surface area contributed by atoms with Gasteiger partial charge in [-0.05, 0) is 12.1 Å². The summed E-state index contributed by atoms with van der Waals surface area (Å²) in [6, 6.07) is 3.66. The van der Waals surface area contributed by atoms with Crippen LogP contribution < -0.4 is 0 Å². The first kappa shape index (κ1) is 7.95. The van der Waals surface area contributed by atoms with Gasteiger partial charge in [-0.3, -0.25) is 0 Å². The van der Waals surface area contributed by atoms with Gasteiger partial charge in [0.25, 0.3) is 0 Å². The lowest BCUT2D eigenvalue weighted by molar-refractivity contribution is 1.18. The van der Waals surface area contributed by atoms with Crippen LogP contribution in [0.5, 0.6) is 0 Å². The Balaban J connectivity index is 2.67.